The molecule has 8 N–H and O–H groups in total. The van der Waals surface area contributed by atoms with Crippen LogP contribution in [-0.4, -0.2) is 98.5 Å². The molecule has 2 aromatic carbocycles. The van der Waals surface area contributed by atoms with E-state index in [1.54, 1.807) is 11.9 Å². The van der Waals surface area contributed by atoms with Crippen LogP contribution in [0, 0.1) is 5.92 Å². The minimum atomic E-state index is -0.921. The van der Waals surface area contributed by atoms with Crippen LogP contribution in [-0.2, 0) is 25.6 Å². The molecule has 53 heavy (non-hydrogen) atoms. The Morgan fingerprint density at radius 1 is 0.792 bits per heavy atom. The first-order valence-corrected chi connectivity index (χ1v) is 19.2. The lowest BCUT2D eigenvalue weighted by Crippen LogP contribution is -2.58. The summed E-state index contributed by atoms with van der Waals surface area (Å²) in [6.45, 7) is 8.00. The lowest BCUT2D eigenvalue weighted by atomic mass is 9.99. The van der Waals surface area contributed by atoms with Gasteiger partial charge in [-0.2, -0.15) is 0 Å². The molecule has 0 aromatic heterocycles. The van der Waals surface area contributed by atoms with Gasteiger partial charge in [0.25, 0.3) is 0 Å². The quantitative estimate of drug-likeness (QED) is 0.0961. The van der Waals surface area contributed by atoms with E-state index in [9.17, 15) is 24.0 Å². The molecule has 0 aliphatic carbocycles. The second kappa shape index (κ2) is 23.2. The van der Waals surface area contributed by atoms with E-state index >= 15 is 0 Å². The van der Waals surface area contributed by atoms with Crippen LogP contribution in [0.5, 0.6) is 0 Å². The second-order valence-corrected chi connectivity index (χ2v) is 14.4. The standard InChI is InChI=1S/C40H62N8O5/c1-28(2)25-35(38(51)46-34(17-11-12-22-41)39(52)48-23-20-32(21-24-48)44-40(53)42-4)47-37(50)33(19-18-30-13-7-5-8-14-30)45-36(49)27-43-26-29(3)31-15-9-6-10-16-31/h5-10,13-16,28-29,32-35,43H,11-12,17-27,41H2,1-4H3,(H,45,49)(H,46,51)(H,47,50)(H2,42,44,53)/t29-,33+,34+,35+/m0/s1. The van der Waals surface area contributed by atoms with E-state index in [-0.39, 0.29) is 42.3 Å². The van der Waals surface area contributed by atoms with Crippen molar-refractivity contribution >= 4 is 29.7 Å². The van der Waals surface area contributed by atoms with Crippen LogP contribution < -0.4 is 37.6 Å². The summed E-state index contributed by atoms with van der Waals surface area (Å²) in [5, 5.41) is 17.5. The monoisotopic (exact) mass is 734 g/mol. The van der Waals surface area contributed by atoms with Gasteiger partial charge < -0.3 is 42.5 Å². The number of amides is 6. The molecule has 13 heteroatoms. The molecule has 1 saturated heterocycles. The Bertz CT molecular complexity index is 1420. The summed E-state index contributed by atoms with van der Waals surface area (Å²) in [5.74, 6) is -1.16. The fourth-order valence-corrected chi connectivity index (χ4v) is 6.49. The van der Waals surface area contributed by atoms with Crippen molar-refractivity contribution in [2.24, 2.45) is 11.7 Å². The van der Waals surface area contributed by atoms with Gasteiger partial charge in [0, 0.05) is 32.7 Å². The van der Waals surface area contributed by atoms with Crippen molar-refractivity contribution in [3.05, 3.63) is 71.8 Å². The van der Waals surface area contributed by atoms with E-state index in [0.717, 1.165) is 11.1 Å². The number of unbranched alkanes of at least 4 members (excludes halogenated alkanes) is 1. The van der Waals surface area contributed by atoms with Gasteiger partial charge in [0.2, 0.25) is 23.6 Å². The van der Waals surface area contributed by atoms with Crippen LogP contribution in [0.4, 0.5) is 4.79 Å². The minimum absolute atomic E-state index is 0.0356. The maximum atomic E-state index is 13.9. The van der Waals surface area contributed by atoms with Crippen LogP contribution >= 0.6 is 0 Å². The van der Waals surface area contributed by atoms with E-state index in [1.165, 1.54) is 0 Å². The number of rotatable bonds is 21. The molecular weight excluding hydrogens is 672 g/mol. The van der Waals surface area contributed by atoms with Crippen molar-refractivity contribution < 1.29 is 24.0 Å². The zero-order valence-electron chi connectivity index (χ0n) is 32.0. The van der Waals surface area contributed by atoms with E-state index in [0.29, 0.717) is 77.5 Å². The second-order valence-electron chi connectivity index (χ2n) is 14.4. The summed E-state index contributed by atoms with van der Waals surface area (Å²) in [5.41, 5.74) is 7.94. The first-order chi connectivity index (χ1) is 25.5. The molecular formula is C40H62N8O5. The van der Waals surface area contributed by atoms with Crippen molar-refractivity contribution in [2.45, 2.75) is 102 Å². The highest BCUT2D eigenvalue weighted by Gasteiger charge is 2.33. The van der Waals surface area contributed by atoms with Gasteiger partial charge in [-0.25, -0.2) is 4.79 Å². The number of hydrogen-bond acceptors (Lipinski definition) is 7. The number of carbonyl (C=O) groups excluding carboxylic acids is 5. The maximum Gasteiger partial charge on any atom is 0.314 e. The lowest BCUT2D eigenvalue weighted by Gasteiger charge is -2.35. The van der Waals surface area contributed by atoms with E-state index < -0.39 is 29.9 Å². The van der Waals surface area contributed by atoms with Crippen molar-refractivity contribution in [1.82, 2.24) is 36.8 Å². The van der Waals surface area contributed by atoms with Gasteiger partial charge in [-0.05, 0) is 80.9 Å². The topological polar surface area (TPSA) is 187 Å². The number of benzene rings is 2. The van der Waals surface area contributed by atoms with E-state index in [2.05, 4.69) is 51.0 Å². The highest BCUT2D eigenvalue weighted by atomic mass is 16.2. The molecule has 1 fully saturated rings. The Hall–Kier alpha value is -4.49. The predicted molar refractivity (Wildman–Crippen MR) is 208 cm³/mol. The third-order valence-electron chi connectivity index (χ3n) is 9.59. The van der Waals surface area contributed by atoms with Gasteiger partial charge in [0.05, 0.1) is 6.54 Å². The van der Waals surface area contributed by atoms with Crippen molar-refractivity contribution in [3.8, 4) is 0 Å². The van der Waals surface area contributed by atoms with Crippen LogP contribution in [0.3, 0.4) is 0 Å². The highest BCUT2D eigenvalue weighted by Crippen LogP contribution is 2.16. The molecule has 6 amide bonds. The number of piperidine rings is 1. The van der Waals surface area contributed by atoms with Gasteiger partial charge in [-0.3, -0.25) is 19.2 Å². The van der Waals surface area contributed by atoms with Crippen LogP contribution in [0.1, 0.15) is 82.8 Å². The fourth-order valence-electron chi connectivity index (χ4n) is 6.49. The zero-order valence-corrected chi connectivity index (χ0v) is 32.0. The van der Waals surface area contributed by atoms with Crippen LogP contribution in [0.25, 0.3) is 0 Å². The van der Waals surface area contributed by atoms with E-state index in [1.807, 2.05) is 62.4 Å². The average Bonchev–Trinajstić information content (AvgIpc) is 3.16. The van der Waals surface area contributed by atoms with Crippen LogP contribution in [0.2, 0.25) is 0 Å². The number of likely N-dealkylation sites (tertiary alicyclic amines) is 1. The zero-order chi connectivity index (χ0) is 38.6. The number of nitrogens with two attached hydrogens (primary N) is 1. The van der Waals surface area contributed by atoms with Crippen molar-refractivity contribution in [1.29, 1.82) is 0 Å². The van der Waals surface area contributed by atoms with Gasteiger partial charge in [-0.15, -0.1) is 0 Å². The normalized spacial score (nSPS) is 15.5. The molecule has 0 radical (unpaired) electrons. The molecule has 0 bridgehead atoms. The third kappa shape index (κ3) is 15.6. The molecule has 292 valence electrons. The largest absolute Gasteiger partial charge is 0.343 e. The fraction of sp³-hybridized carbons (Fsp3) is 0.575. The molecule has 2 aromatic rings. The first-order valence-electron chi connectivity index (χ1n) is 19.2. The molecule has 4 atom stereocenters. The number of hydrogen-bond donors (Lipinski definition) is 7. The predicted octanol–water partition coefficient (Wildman–Crippen LogP) is 2.56. The summed E-state index contributed by atoms with van der Waals surface area (Å²) < 4.78 is 0. The highest BCUT2D eigenvalue weighted by molar-refractivity contribution is 5.94. The molecule has 1 heterocycles. The Balaban J connectivity index is 1.68. The number of nitrogens with zero attached hydrogens (tertiary/aromatic N) is 1. The van der Waals surface area contributed by atoms with Gasteiger partial charge >= 0.3 is 6.03 Å². The minimum Gasteiger partial charge on any atom is -0.343 e. The van der Waals surface area contributed by atoms with Crippen LogP contribution in [0.15, 0.2) is 60.7 Å². The van der Waals surface area contributed by atoms with E-state index in [4.69, 9.17) is 5.73 Å². The van der Waals surface area contributed by atoms with Gasteiger partial charge in [-0.1, -0.05) is 81.4 Å². The number of carbonyl (C=O) groups is 5. The molecule has 1 aliphatic rings. The average molecular weight is 735 g/mol. The molecule has 3 rings (SSSR count). The molecule has 0 spiro atoms. The Labute approximate surface area is 315 Å². The third-order valence-corrected chi connectivity index (χ3v) is 9.59. The SMILES string of the molecule is CNC(=O)NC1CCN(C(=O)[C@@H](CCCCN)NC(=O)[C@@H](CC(C)C)NC(=O)[C@@H](CCc2ccccc2)NC(=O)CNC[C@H](C)c2ccccc2)CC1. The van der Waals surface area contributed by atoms with Gasteiger partial charge in [0.15, 0.2) is 0 Å². The summed E-state index contributed by atoms with van der Waals surface area (Å²) in [6.07, 6.45) is 4.19. The summed E-state index contributed by atoms with van der Waals surface area (Å²) in [4.78, 5) is 68.3. The molecule has 0 saturated carbocycles. The first kappa shape index (κ1) is 42.9. The summed E-state index contributed by atoms with van der Waals surface area (Å²) >= 11 is 0. The molecule has 0 unspecified atom stereocenters. The summed E-state index contributed by atoms with van der Waals surface area (Å²) in [6, 6.07) is 16.9. The molecule has 1 aliphatic heterocycles. The van der Waals surface area contributed by atoms with Gasteiger partial charge in [0.1, 0.15) is 18.1 Å². The Morgan fingerprint density at radius 3 is 2.04 bits per heavy atom. The number of urea groups is 1. The maximum absolute atomic E-state index is 13.9. The number of aryl methyl sites for hydroxylation is 1. The smallest absolute Gasteiger partial charge is 0.314 e. The van der Waals surface area contributed by atoms with Crippen molar-refractivity contribution in [2.75, 3.05) is 39.8 Å². The Kier molecular flexibility index (Phi) is 18.8. The molecule has 13 nitrogen and oxygen atoms in total. The number of nitrogens with one attached hydrogen (secondary N) is 6. The Morgan fingerprint density at radius 2 is 1.42 bits per heavy atom. The summed E-state index contributed by atoms with van der Waals surface area (Å²) in [7, 11) is 1.56. The lowest BCUT2D eigenvalue weighted by molar-refractivity contribution is -0.138. The van der Waals surface area contributed by atoms with Crippen molar-refractivity contribution in [3.63, 3.8) is 0 Å².